The molecule has 0 atom stereocenters. The molecule has 0 N–H and O–H groups in total. The van der Waals surface area contributed by atoms with Crippen LogP contribution >= 0.6 is 0 Å². The number of hydrogen-bond acceptors (Lipinski definition) is 6. The molecule has 1 aliphatic rings. The van der Waals surface area contributed by atoms with Crippen molar-refractivity contribution in [3.63, 3.8) is 0 Å². The van der Waals surface area contributed by atoms with Crippen LogP contribution in [0.25, 0.3) is 5.69 Å². The Morgan fingerprint density at radius 1 is 1.04 bits per heavy atom. The SMILES string of the molecule is COc1ccnc(N2CCN(Cc3cnn(-c4ccccc4)c3)CC2)n1. The van der Waals surface area contributed by atoms with Crippen LogP contribution in [0.15, 0.2) is 55.0 Å². The molecule has 3 heterocycles. The second-order valence-electron chi connectivity index (χ2n) is 6.29. The smallest absolute Gasteiger partial charge is 0.228 e. The van der Waals surface area contributed by atoms with E-state index in [1.807, 2.05) is 29.1 Å². The quantitative estimate of drug-likeness (QED) is 0.701. The molecule has 3 aromatic rings. The zero-order valence-corrected chi connectivity index (χ0v) is 14.8. The molecule has 0 saturated carbocycles. The summed E-state index contributed by atoms with van der Waals surface area (Å²) in [5.41, 5.74) is 2.30. The lowest BCUT2D eigenvalue weighted by atomic mass is 10.2. The van der Waals surface area contributed by atoms with E-state index in [0.717, 1.165) is 44.4 Å². The summed E-state index contributed by atoms with van der Waals surface area (Å²) in [4.78, 5) is 13.4. The molecule has 0 amide bonds. The zero-order valence-electron chi connectivity index (χ0n) is 14.8. The molecule has 0 radical (unpaired) electrons. The number of hydrogen-bond donors (Lipinski definition) is 0. The standard InChI is InChI=1S/C19H22N6O/c1-26-18-7-8-20-19(22-18)24-11-9-23(10-12-24)14-16-13-21-25(15-16)17-5-3-2-4-6-17/h2-8,13,15H,9-12,14H2,1H3. The number of aromatic nitrogens is 4. The Balaban J connectivity index is 1.35. The van der Waals surface area contributed by atoms with Crippen LogP contribution in [0.3, 0.4) is 0 Å². The fraction of sp³-hybridized carbons (Fsp3) is 0.316. The molecule has 7 heteroatoms. The number of benzene rings is 1. The molecule has 1 aromatic carbocycles. The fourth-order valence-electron chi connectivity index (χ4n) is 3.13. The number of nitrogens with zero attached hydrogens (tertiary/aromatic N) is 6. The third-order valence-corrected chi connectivity index (χ3v) is 4.54. The molecule has 0 aliphatic carbocycles. The van der Waals surface area contributed by atoms with E-state index in [0.29, 0.717) is 5.88 Å². The number of anilines is 1. The van der Waals surface area contributed by atoms with Crippen LogP contribution in [0, 0.1) is 0 Å². The predicted octanol–water partition coefficient (Wildman–Crippen LogP) is 1.99. The first-order valence-electron chi connectivity index (χ1n) is 8.75. The van der Waals surface area contributed by atoms with Gasteiger partial charge in [-0.05, 0) is 12.1 Å². The first kappa shape index (κ1) is 16.5. The maximum absolute atomic E-state index is 5.19. The Morgan fingerprint density at radius 3 is 2.62 bits per heavy atom. The number of methoxy groups -OCH3 is 1. The predicted molar refractivity (Wildman–Crippen MR) is 99.6 cm³/mol. The van der Waals surface area contributed by atoms with Gasteiger partial charge in [0.05, 0.1) is 19.0 Å². The number of piperazine rings is 1. The van der Waals surface area contributed by atoms with Gasteiger partial charge >= 0.3 is 0 Å². The van der Waals surface area contributed by atoms with E-state index < -0.39 is 0 Å². The highest BCUT2D eigenvalue weighted by Crippen LogP contribution is 2.16. The minimum atomic E-state index is 0.603. The van der Waals surface area contributed by atoms with E-state index in [2.05, 4.69) is 43.2 Å². The van der Waals surface area contributed by atoms with Crippen molar-refractivity contribution in [1.82, 2.24) is 24.6 Å². The first-order valence-corrected chi connectivity index (χ1v) is 8.75. The summed E-state index contributed by atoms with van der Waals surface area (Å²) in [6.45, 7) is 4.65. The largest absolute Gasteiger partial charge is 0.481 e. The second-order valence-corrected chi connectivity index (χ2v) is 6.29. The second kappa shape index (κ2) is 7.53. The summed E-state index contributed by atoms with van der Waals surface area (Å²) in [7, 11) is 1.62. The molecular formula is C19H22N6O. The number of ether oxygens (including phenoxy) is 1. The van der Waals surface area contributed by atoms with Gasteiger partial charge in [-0.2, -0.15) is 10.1 Å². The van der Waals surface area contributed by atoms with Crippen molar-refractivity contribution in [2.24, 2.45) is 0 Å². The molecule has 2 aromatic heterocycles. The maximum Gasteiger partial charge on any atom is 0.228 e. The van der Waals surface area contributed by atoms with Gasteiger partial charge in [-0.3, -0.25) is 4.90 Å². The lowest BCUT2D eigenvalue weighted by Crippen LogP contribution is -2.46. The minimum Gasteiger partial charge on any atom is -0.481 e. The average molecular weight is 350 g/mol. The van der Waals surface area contributed by atoms with E-state index in [9.17, 15) is 0 Å². The Morgan fingerprint density at radius 2 is 1.85 bits per heavy atom. The number of rotatable bonds is 5. The monoisotopic (exact) mass is 350 g/mol. The highest BCUT2D eigenvalue weighted by Gasteiger charge is 2.19. The van der Waals surface area contributed by atoms with Crippen molar-refractivity contribution in [2.45, 2.75) is 6.54 Å². The Bertz CT molecular complexity index is 842. The fourth-order valence-corrected chi connectivity index (χ4v) is 3.13. The molecule has 1 saturated heterocycles. The third-order valence-electron chi connectivity index (χ3n) is 4.54. The molecule has 1 fully saturated rings. The molecule has 4 rings (SSSR count). The molecule has 0 bridgehead atoms. The summed E-state index contributed by atoms with van der Waals surface area (Å²) >= 11 is 0. The summed E-state index contributed by atoms with van der Waals surface area (Å²) in [5, 5.41) is 4.48. The topological polar surface area (TPSA) is 59.3 Å². The van der Waals surface area contributed by atoms with E-state index in [1.54, 1.807) is 19.4 Å². The van der Waals surface area contributed by atoms with Gasteiger partial charge in [0.1, 0.15) is 0 Å². The lowest BCUT2D eigenvalue weighted by Gasteiger charge is -2.34. The summed E-state index contributed by atoms with van der Waals surface area (Å²) in [6, 6.07) is 11.9. The average Bonchev–Trinajstić information content (AvgIpc) is 3.18. The summed E-state index contributed by atoms with van der Waals surface area (Å²) in [6.07, 6.45) is 5.79. The number of para-hydroxylation sites is 1. The minimum absolute atomic E-state index is 0.603. The van der Waals surface area contributed by atoms with Gasteiger partial charge in [-0.15, -0.1) is 0 Å². The van der Waals surface area contributed by atoms with Gasteiger partial charge in [0.2, 0.25) is 11.8 Å². The van der Waals surface area contributed by atoms with Crippen molar-refractivity contribution < 1.29 is 4.74 Å². The lowest BCUT2D eigenvalue weighted by molar-refractivity contribution is 0.248. The van der Waals surface area contributed by atoms with Crippen LogP contribution in [0.2, 0.25) is 0 Å². The van der Waals surface area contributed by atoms with Crippen LogP contribution in [0.5, 0.6) is 5.88 Å². The molecular weight excluding hydrogens is 328 g/mol. The zero-order chi connectivity index (χ0) is 17.8. The van der Waals surface area contributed by atoms with Crippen molar-refractivity contribution >= 4 is 5.95 Å². The molecule has 7 nitrogen and oxygen atoms in total. The van der Waals surface area contributed by atoms with Crippen LogP contribution < -0.4 is 9.64 Å². The molecule has 26 heavy (non-hydrogen) atoms. The maximum atomic E-state index is 5.19. The molecule has 134 valence electrons. The van der Waals surface area contributed by atoms with Gasteiger partial charge in [0.25, 0.3) is 0 Å². The van der Waals surface area contributed by atoms with Crippen LogP contribution in [0.4, 0.5) is 5.95 Å². The van der Waals surface area contributed by atoms with Crippen molar-refractivity contribution in [1.29, 1.82) is 0 Å². The van der Waals surface area contributed by atoms with Gasteiger partial charge in [0.15, 0.2) is 0 Å². The highest BCUT2D eigenvalue weighted by molar-refractivity contribution is 5.33. The van der Waals surface area contributed by atoms with Crippen molar-refractivity contribution in [3.05, 3.63) is 60.6 Å². The molecule has 0 unspecified atom stereocenters. The van der Waals surface area contributed by atoms with Crippen LogP contribution in [0.1, 0.15) is 5.56 Å². The van der Waals surface area contributed by atoms with Crippen molar-refractivity contribution in [3.8, 4) is 11.6 Å². The van der Waals surface area contributed by atoms with E-state index >= 15 is 0 Å². The first-order chi connectivity index (χ1) is 12.8. The van der Waals surface area contributed by atoms with E-state index in [1.165, 1.54) is 5.56 Å². The van der Waals surface area contributed by atoms with Gasteiger partial charge in [-0.1, -0.05) is 18.2 Å². The van der Waals surface area contributed by atoms with Crippen LogP contribution in [-0.4, -0.2) is 57.9 Å². The van der Waals surface area contributed by atoms with E-state index in [4.69, 9.17) is 4.74 Å². The van der Waals surface area contributed by atoms with E-state index in [-0.39, 0.29) is 0 Å². The third kappa shape index (κ3) is 3.67. The highest BCUT2D eigenvalue weighted by atomic mass is 16.5. The normalized spacial score (nSPS) is 15.2. The van der Waals surface area contributed by atoms with Gasteiger partial charge in [-0.25, -0.2) is 9.67 Å². The summed E-state index contributed by atoms with van der Waals surface area (Å²) < 4.78 is 7.11. The Hall–Kier alpha value is -2.93. The van der Waals surface area contributed by atoms with Gasteiger partial charge < -0.3 is 9.64 Å². The summed E-state index contributed by atoms with van der Waals surface area (Å²) in [5.74, 6) is 1.34. The van der Waals surface area contributed by atoms with Crippen LogP contribution in [-0.2, 0) is 6.54 Å². The Kier molecular flexibility index (Phi) is 4.79. The molecule has 1 aliphatic heterocycles. The Labute approximate surface area is 152 Å². The van der Waals surface area contributed by atoms with Crippen molar-refractivity contribution in [2.75, 3.05) is 38.2 Å². The molecule has 0 spiro atoms. The van der Waals surface area contributed by atoms with Gasteiger partial charge in [0, 0.05) is 56.7 Å².